The molecular weight excluding hydrogens is 407 g/mol. The molecule has 1 amide bonds. The van der Waals surface area contributed by atoms with E-state index in [9.17, 15) is 14.0 Å². The van der Waals surface area contributed by atoms with E-state index >= 15 is 0 Å². The molecular formula is C25H29FN4O2. The zero-order valence-electron chi connectivity index (χ0n) is 18.6. The van der Waals surface area contributed by atoms with Gasteiger partial charge in [0.1, 0.15) is 5.82 Å². The lowest BCUT2D eigenvalue weighted by Crippen LogP contribution is -2.24. The summed E-state index contributed by atoms with van der Waals surface area (Å²) in [5.41, 5.74) is 2.24. The molecule has 0 saturated heterocycles. The summed E-state index contributed by atoms with van der Waals surface area (Å²) in [5.74, 6) is -0.697. The first-order valence-electron chi connectivity index (χ1n) is 10.9. The Morgan fingerprint density at radius 1 is 1.09 bits per heavy atom. The van der Waals surface area contributed by atoms with E-state index in [0.717, 1.165) is 31.7 Å². The quantitative estimate of drug-likeness (QED) is 0.450. The fourth-order valence-corrected chi connectivity index (χ4v) is 3.50. The molecule has 1 heterocycles. The average Bonchev–Trinajstić information content (AvgIpc) is 3.26. The normalized spacial score (nSPS) is 11.0. The highest BCUT2D eigenvalue weighted by Crippen LogP contribution is 2.15. The Bertz CT molecular complexity index is 1060. The summed E-state index contributed by atoms with van der Waals surface area (Å²) in [5, 5.41) is 6.89. The second-order valence-corrected chi connectivity index (χ2v) is 7.60. The largest absolute Gasteiger partial charge is 0.323 e. The monoisotopic (exact) mass is 436 g/mol. The lowest BCUT2D eigenvalue weighted by atomic mass is 10.1. The number of carbonyl (C=O) groups is 2. The molecule has 6 nitrogen and oxygen atoms in total. The minimum atomic E-state index is -0.477. The highest BCUT2D eigenvalue weighted by Gasteiger charge is 2.11. The Labute approximate surface area is 188 Å². The Balaban J connectivity index is 1.60. The number of anilines is 1. The van der Waals surface area contributed by atoms with Crippen LogP contribution < -0.4 is 5.32 Å². The van der Waals surface area contributed by atoms with Gasteiger partial charge in [-0.3, -0.25) is 9.59 Å². The number of benzene rings is 2. The molecule has 0 bridgehead atoms. The van der Waals surface area contributed by atoms with Crippen LogP contribution in [0.2, 0.25) is 0 Å². The highest BCUT2D eigenvalue weighted by atomic mass is 19.1. The van der Waals surface area contributed by atoms with E-state index in [1.165, 1.54) is 12.1 Å². The van der Waals surface area contributed by atoms with E-state index in [1.807, 2.05) is 24.3 Å². The Hall–Kier alpha value is -3.32. The highest BCUT2D eigenvalue weighted by molar-refractivity contribution is 5.96. The summed E-state index contributed by atoms with van der Waals surface area (Å²) >= 11 is 0. The minimum absolute atomic E-state index is 0.0678. The molecule has 0 spiro atoms. The molecule has 32 heavy (non-hydrogen) atoms. The summed E-state index contributed by atoms with van der Waals surface area (Å²) in [7, 11) is 0. The third-order valence-electron chi connectivity index (χ3n) is 5.35. The Morgan fingerprint density at radius 2 is 1.88 bits per heavy atom. The first-order chi connectivity index (χ1) is 15.5. The summed E-state index contributed by atoms with van der Waals surface area (Å²) in [6.45, 7) is 7.13. The lowest BCUT2D eigenvalue weighted by Gasteiger charge is -2.17. The second-order valence-electron chi connectivity index (χ2n) is 7.60. The lowest BCUT2D eigenvalue weighted by molar-refractivity contribution is -0.115. The topological polar surface area (TPSA) is 67.2 Å². The Kier molecular flexibility index (Phi) is 8.27. The van der Waals surface area contributed by atoms with Crippen molar-refractivity contribution in [3.05, 3.63) is 77.9 Å². The van der Waals surface area contributed by atoms with E-state index in [0.29, 0.717) is 17.5 Å². The fraction of sp³-hybridized carbons (Fsp3) is 0.320. The molecule has 0 saturated carbocycles. The maximum Gasteiger partial charge on any atom is 0.228 e. The number of nitrogens with zero attached hydrogens (tertiary/aromatic N) is 3. The van der Waals surface area contributed by atoms with Crippen LogP contribution in [0.3, 0.4) is 0 Å². The van der Waals surface area contributed by atoms with Gasteiger partial charge in [-0.2, -0.15) is 5.10 Å². The van der Waals surface area contributed by atoms with Gasteiger partial charge in [-0.25, -0.2) is 9.07 Å². The molecule has 2 aromatic carbocycles. The molecule has 1 N–H and O–H groups in total. The zero-order chi connectivity index (χ0) is 22.9. The van der Waals surface area contributed by atoms with E-state index in [1.54, 1.807) is 29.2 Å². The van der Waals surface area contributed by atoms with Crippen LogP contribution in [0.15, 0.2) is 60.9 Å². The molecule has 1 aromatic heterocycles. The number of aromatic nitrogens is 2. The van der Waals surface area contributed by atoms with Crippen molar-refractivity contribution in [3.8, 4) is 5.69 Å². The van der Waals surface area contributed by atoms with E-state index < -0.39 is 5.82 Å². The molecule has 7 heteroatoms. The molecule has 0 aliphatic carbocycles. The number of ketones is 1. The predicted molar refractivity (Wildman–Crippen MR) is 124 cm³/mol. The number of Topliss-reactive ketones (excluding diaryl/α,β-unsaturated/α-hetero) is 1. The molecule has 0 radical (unpaired) electrons. The number of hydrogen-bond donors (Lipinski definition) is 1. The maximum atomic E-state index is 13.7. The number of amides is 1. The molecule has 0 aliphatic heterocycles. The van der Waals surface area contributed by atoms with Crippen LogP contribution in [0.1, 0.15) is 42.6 Å². The summed E-state index contributed by atoms with van der Waals surface area (Å²) in [6, 6.07) is 13.4. The molecule has 3 rings (SSSR count). The van der Waals surface area contributed by atoms with E-state index in [2.05, 4.69) is 29.2 Å². The molecule has 0 atom stereocenters. The van der Waals surface area contributed by atoms with Gasteiger partial charge >= 0.3 is 0 Å². The predicted octanol–water partition coefficient (Wildman–Crippen LogP) is 4.50. The SMILES string of the molecule is CCN(CC)CCCC(=O)c1cccc(-n2cc(CC(=O)Nc3ccccc3F)cn2)c1. The van der Waals surface area contributed by atoms with Crippen molar-refractivity contribution in [2.45, 2.75) is 33.1 Å². The first-order valence-corrected chi connectivity index (χ1v) is 10.9. The van der Waals surface area contributed by atoms with Gasteiger partial charge in [-0.05, 0) is 55.9 Å². The number of rotatable bonds is 11. The second kappa shape index (κ2) is 11.3. The van der Waals surface area contributed by atoms with Gasteiger partial charge in [-0.1, -0.05) is 38.1 Å². The standard InChI is InChI=1S/C25H29FN4O2/c1-3-29(4-2)14-8-13-24(31)20-9-7-10-21(16-20)30-18-19(17-27-30)15-25(32)28-23-12-6-5-11-22(23)26/h5-7,9-12,16-18H,3-4,8,13-15H2,1-2H3,(H,28,32). The molecule has 0 aliphatic rings. The third-order valence-corrected chi connectivity index (χ3v) is 5.35. The molecule has 0 fully saturated rings. The molecule has 0 unspecified atom stereocenters. The van der Waals surface area contributed by atoms with Gasteiger partial charge < -0.3 is 10.2 Å². The maximum absolute atomic E-state index is 13.7. The van der Waals surface area contributed by atoms with Crippen LogP contribution in [0, 0.1) is 5.82 Å². The summed E-state index contributed by atoms with van der Waals surface area (Å²) in [6.07, 6.45) is 4.73. The number of carbonyl (C=O) groups excluding carboxylic acids is 2. The van der Waals surface area contributed by atoms with Crippen LogP contribution in [0.5, 0.6) is 0 Å². The van der Waals surface area contributed by atoms with Crippen molar-refractivity contribution in [1.29, 1.82) is 0 Å². The third kappa shape index (κ3) is 6.34. The Morgan fingerprint density at radius 3 is 2.62 bits per heavy atom. The van der Waals surface area contributed by atoms with Gasteiger partial charge in [0, 0.05) is 18.2 Å². The fourth-order valence-electron chi connectivity index (χ4n) is 3.50. The number of hydrogen-bond acceptors (Lipinski definition) is 4. The summed E-state index contributed by atoms with van der Waals surface area (Å²) < 4.78 is 15.3. The van der Waals surface area contributed by atoms with Crippen molar-refractivity contribution in [3.63, 3.8) is 0 Å². The van der Waals surface area contributed by atoms with Crippen molar-refractivity contribution < 1.29 is 14.0 Å². The summed E-state index contributed by atoms with van der Waals surface area (Å²) in [4.78, 5) is 27.2. The smallest absolute Gasteiger partial charge is 0.228 e. The van der Waals surface area contributed by atoms with Gasteiger partial charge in [0.05, 0.1) is 24.0 Å². The van der Waals surface area contributed by atoms with Crippen LogP contribution in [-0.4, -0.2) is 46.0 Å². The van der Waals surface area contributed by atoms with Crippen LogP contribution in [0.4, 0.5) is 10.1 Å². The number of para-hydroxylation sites is 1. The van der Waals surface area contributed by atoms with Crippen LogP contribution in [-0.2, 0) is 11.2 Å². The number of halogens is 1. The van der Waals surface area contributed by atoms with Crippen molar-refractivity contribution in [2.24, 2.45) is 0 Å². The zero-order valence-corrected chi connectivity index (χ0v) is 18.6. The minimum Gasteiger partial charge on any atom is -0.323 e. The van der Waals surface area contributed by atoms with Crippen molar-refractivity contribution in [1.82, 2.24) is 14.7 Å². The van der Waals surface area contributed by atoms with Gasteiger partial charge in [0.25, 0.3) is 0 Å². The van der Waals surface area contributed by atoms with Crippen LogP contribution >= 0.6 is 0 Å². The van der Waals surface area contributed by atoms with E-state index in [4.69, 9.17) is 0 Å². The average molecular weight is 437 g/mol. The van der Waals surface area contributed by atoms with Gasteiger partial charge in [0.15, 0.2) is 5.78 Å². The first kappa shape index (κ1) is 23.3. The number of nitrogens with one attached hydrogen (secondary N) is 1. The van der Waals surface area contributed by atoms with Gasteiger partial charge in [0.2, 0.25) is 5.91 Å². The van der Waals surface area contributed by atoms with Crippen molar-refractivity contribution in [2.75, 3.05) is 25.0 Å². The molecule has 168 valence electrons. The molecule has 3 aromatic rings. The van der Waals surface area contributed by atoms with Gasteiger partial charge in [-0.15, -0.1) is 0 Å². The van der Waals surface area contributed by atoms with Crippen molar-refractivity contribution >= 4 is 17.4 Å². The van der Waals surface area contributed by atoms with Crippen LogP contribution in [0.25, 0.3) is 5.69 Å². The van der Waals surface area contributed by atoms with E-state index in [-0.39, 0.29) is 23.8 Å².